The minimum Gasteiger partial charge on any atom is -0.339 e. The van der Waals surface area contributed by atoms with Crippen LogP contribution >= 0.6 is 15.9 Å². The SMILES string of the molecule is NC(c1ccc(F)c(Br)c1)c1noc(C2CC2)n1. The summed E-state index contributed by atoms with van der Waals surface area (Å²) in [6.45, 7) is 0. The Morgan fingerprint density at radius 3 is 2.89 bits per heavy atom. The summed E-state index contributed by atoms with van der Waals surface area (Å²) in [7, 11) is 0. The first-order chi connectivity index (χ1) is 8.65. The predicted octanol–water partition coefficient (Wildman–Crippen LogP) is 2.90. The Hall–Kier alpha value is -1.27. The second-order valence-electron chi connectivity index (χ2n) is 4.42. The molecule has 0 aliphatic heterocycles. The van der Waals surface area contributed by atoms with E-state index in [0.29, 0.717) is 22.1 Å². The lowest BCUT2D eigenvalue weighted by Gasteiger charge is -2.07. The fraction of sp³-hybridized carbons (Fsp3) is 0.333. The minimum absolute atomic E-state index is 0.322. The number of hydrogen-bond acceptors (Lipinski definition) is 4. The highest BCUT2D eigenvalue weighted by molar-refractivity contribution is 9.10. The summed E-state index contributed by atoms with van der Waals surface area (Å²) in [5.74, 6) is 1.17. The molecule has 18 heavy (non-hydrogen) atoms. The Labute approximate surface area is 112 Å². The molecule has 2 aromatic rings. The molecule has 1 aromatic carbocycles. The monoisotopic (exact) mass is 311 g/mol. The van der Waals surface area contributed by atoms with Crippen LogP contribution in [-0.2, 0) is 0 Å². The van der Waals surface area contributed by atoms with Crippen LogP contribution in [0, 0.1) is 5.82 Å². The second-order valence-corrected chi connectivity index (χ2v) is 5.27. The summed E-state index contributed by atoms with van der Waals surface area (Å²) in [5, 5.41) is 3.89. The van der Waals surface area contributed by atoms with Gasteiger partial charge in [0.15, 0.2) is 5.82 Å². The van der Waals surface area contributed by atoms with E-state index in [-0.39, 0.29) is 5.82 Å². The largest absolute Gasteiger partial charge is 0.339 e. The van der Waals surface area contributed by atoms with E-state index in [1.807, 2.05) is 0 Å². The molecule has 3 rings (SSSR count). The molecular formula is C12H11BrFN3O. The first-order valence-electron chi connectivity index (χ1n) is 5.69. The number of hydrogen-bond donors (Lipinski definition) is 1. The summed E-state index contributed by atoms with van der Waals surface area (Å²) in [6, 6.07) is 4.12. The van der Waals surface area contributed by atoms with Gasteiger partial charge in [-0.2, -0.15) is 4.98 Å². The Morgan fingerprint density at radius 2 is 2.22 bits per heavy atom. The zero-order valence-electron chi connectivity index (χ0n) is 9.44. The van der Waals surface area contributed by atoms with E-state index < -0.39 is 6.04 Å². The zero-order valence-corrected chi connectivity index (χ0v) is 11.0. The molecule has 0 saturated heterocycles. The summed E-state index contributed by atoms with van der Waals surface area (Å²) in [5.41, 5.74) is 6.78. The molecule has 0 amide bonds. The molecule has 1 aliphatic rings. The van der Waals surface area contributed by atoms with Gasteiger partial charge in [0.2, 0.25) is 5.89 Å². The van der Waals surface area contributed by atoms with Crippen molar-refractivity contribution in [2.24, 2.45) is 5.73 Å². The standard InChI is InChI=1S/C12H11BrFN3O/c13-8-5-7(3-4-9(8)14)10(15)11-16-12(18-17-11)6-1-2-6/h3-6,10H,1-2,15H2. The van der Waals surface area contributed by atoms with Crippen molar-refractivity contribution in [3.63, 3.8) is 0 Å². The molecule has 1 aliphatic carbocycles. The molecule has 1 fully saturated rings. The average molecular weight is 312 g/mol. The van der Waals surface area contributed by atoms with Crippen LogP contribution in [0.2, 0.25) is 0 Å². The summed E-state index contributed by atoms with van der Waals surface area (Å²) < 4.78 is 18.7. The van der Waals surface area contributed by atoms with Gasteiger partial charge in [0.1, 0.15) is 5.82 Å². The minimum atomic E-state index is -0.502. The van der Waals surface area contributed by atoms with Crippen molar-refractivity contribution in [2.75, 3.05) is 0 Å². The first-order valence-corrected chi connectivity index (χ1v) is 6.48. The molecule has 1 heterocycles. The van der Waals surface area contributed by atoms with Crippen LogP contribution in [-0.4, -0.2) is 10.1 Å². The molecule has 4 nitrogen and oxygen atoms in total. The van der Waals surface area contributed by atoms with E-state index in [0.717, 1.165) is 18.4 Å². The lowest BCUT2D eigenvalue weighted by Crippen LogP contribution is -2.13. The normalized spacial score (nSPS) is 16.8. The molecule has 2 N–H and O–H groups in total. The van der Waals surface area contributed by atoms with Gasteiger partial charge in [0.25, 0.3) is 0 Å². The third-order valence-corrected chi connectivity index (χ3v) is 3.57. The highest BCUT2D eigenvalue weighted by atomic mass is 79.9. The van der Waals surface area contributed by atoms with E-state index in [4.69, 9.17) is 10.3 Å². The van der Waals surface area contributed by atoms with Crippen LogP contribution in [0.25, 0.3) is 0 Å². The third-order valence-electron chi connectivity index (χ3n) is 2.96. The van der Waals surface area contributed by atoms with Gasteiger partial charge in [-0.15, -0.1) is 0 Å². The molecule has 0 spiro atoms. The number of rotatable bonds is 3. The van der Waals surface area contributed by atoms with Gasteiger partial charge >= 0.3 is 0 Å². The number of nitrogens with zero attached hydrogens (tertiary/aromatic N) is 2. The Balaban J connectivity index is 1.87. The Bertz CT molecular complexity index is 582. The Kier molecular flexibility index (Phi) is 2.91. The van der Waals surface area contributed by atoms with Gasteiger partial charge in [-0.1, -0.05) is 11.2 Å². The highest BCUT2D eigenvalue weighted by Crippen LogP contribution is 2.39. The van der Waals surface area contributed by atoms with Crippen LogP contribution in [0.4, 0.5) is 4.39 Å². The molecule has 0 radical (unpaired) electrons. The van der Waals surface area contributed by atoms with Gasteiger partial charge in [0.05, 0.1) is 10.5 Å². The molecule has 1 unspecified atom stereocenters. The van der Waals surface area contributed by atoms with Crippen LogP contribution in [0.15, 0.2) is 27.2 Å². The third kappa shape index (κ3) is 2.18. The molecule has 94 valence electrons. The Morgan fingerprint density at radius 1 is 1.44 bits per heavy atom. The topological polar surface area (TPSA) is 64.9 Å². The first kappa shape index (κ1) is 11.8. The lowest BCUT2D eigenvalue weighted by atomic mass is 10.1. The van der Waals surface area contributed by atoms with E-state index in [1.54, 1.807) is 12.1 Å². The number of aromatic nitrogens is 2. The van der Waals surface area contributed by atoms with Gasteiger partial charge in [-0.25, -0.2) is 4.39 Å². The number of nitrogens with two attached hydrogens (primary N) is 1. The van der Waals surface area contributed by atoms with E-state index in [9.17, 15) is 4.39 Å². The van der Waals surface area contributed by atoms with Crippen molar-refractivity contribution in [2.45, 2.75) is 24.8 Å². The average Bonchev–Trinajstić information content (AvgIpc) is 3.10. The van der Waals surface area contributed by atoms with Crippen LogP contribution < -0.4 is 5.73 Å². The van der Waals surface area contributed by atoms with Crippen molar-refractivity contribution in [1.29, 1.82) is 0 Å². The number of halogens is 2. The van der Waals surface area contributed by atoms with Crippen molar-refractivity contribution in [1.82, 2.24) is 10.1 Å². The van der Waals surface area contributed by atoms with E-state index in [2.05, 4.69) is 26.1 Å². The summed E-state index contributed by atoms with van der Waals surface area (Å²) >= 11 is 3.13. The quantitative estimate of drug-likeness (QED) is 0.946. The van der Waals surface area contributed by atoms with E-state index >= 15 is 0 Å². The molecule has 1 aromatic heterocycles. The molecule has 1 atom stereocenters. The maximum absolute atomic E-state index is 13.1. The number of benzene rings is 1. The molecular weight excluding hydrogens is 301 g/mol. The maximum Gasteiger partial charge on any atom is 0.229 e. The van der Waals surface area contributed by atoms with Crippen molar-refractivity contribution >= 4 is 15.9 Å². The molecule has 6 heteroatoms. The van der Waals surface area contributed by atoms with Crippen LogP contribution in [0.1, 0.15) is 42.1 Å². The van der Waals surface area contributed by atoms with Crippen LogP contribution in [0.3, 0.4) is 0 Å². The maximum atomic E-state index is 13.1. The predicted molar refractivity (Wildman–Crippen MR) is 66.4 cm³/mol. The smallest absolute Gasteiger partial charge is 0.229 e. The zero-order chi connectivity index (χ0) is 12.7. The molecule has 0 bridgehead atoms. The molecule has 1 saturated carbocycles. The van der Waals surface area contributed by atoms with Gasteiger partial charge in [-0.05, 0) is 46.5 Å². The fourth-order valence-electron chi connectivity index (χ4n) is 1.72. The van der Waals surface area contributed by atoms with Crippen LogP contribution in [0.5, 0.6) is 0 Å². The van der Waals surface area contributed by atoms with Gasteiger partial charge in [-0.3, -0.25) is 0 Å². The van der Waals surface area contributed by atoms with Crippen molar-refractivity contribution < 1.29 is 8.91 Å². The van der Waals surface area contributed by atoms with Gasteiger partial charge < -0.3 is 10.3 Å². The summed E-state index contributed by atoms with van der Waals surface area (Å²) in [4.78, 5) is 4.29. The highest BCUT2D eigenvalue weighted by Gasteiger charge is 2.30. The van der Waals surface area contributed by atoms with Gasteiger partial charge in [0, 0.05) is 5.92 Å². The van der Waals surface area contributed by atoms with E-state index in [1.165, 1.54) is 6.07 Å². The summed E-state index contributed by atoms with van der Waals surface area (Å²) in [6.07, 6.45) is 2.19. The fourth-order valence-corrected chi connectivity index (χ4v) is 2.12. The van der Waals surface area contributed by atoms with Crippen molar-refractivity contribution in [3.8, 4) is 0 Å². The van der Waals surface area contributed by atoms with Crippen molar-refractivity contribution in [3.05, 3.63) is 45.8 Å². The lowest BCUT2D eigenvalue weighted by molar-refractivity contribution is 0.372. The second kappa shape index (κ2) is 4.44.